The average Bonchev–Trinajstić information content (AvgIpc) is 3.44. The van der Waals surface area contributed by atoms with Crippen LogP contribution in [0.2, 0.25) is 5.02 Å². The van der Waals surface area contributed by atoms with Gasteiger partial charge in [0.1, 0.15) is 0 Å². The number of aryl methyl sites for hydroxylation is 2. The molecule has 1 heterocycles. The van der Waals surface area contributed by atoms with Gasteiger partial charge in [0, 0.05) is 0 Å². The second-order valence-corrected chi connectivity index (χ2v) is 14.6. The number of amides is 1. The minimum atomic E-state index is -2.13. The van der Waals surface area contributed by atoms with Crippen molar-refractivity contribution in [2.24, 2.45) is 0 Å². The summed E-state index contributed by atoms with van der Waals surface area (Å²) in [6.45, 7) is 4.24. The van der Waals surface area contributed by atoms with E-state index in [0.717, 1.165) is 60.4 Å². The van der Waals surface area contributed by atoms with Gasteiger partial charge in [-0.2, -0.15) is 0 Å². The summed E-state index contributed by atoms with van der Waals surface area (Å²) in [6, 6.07) is 13.5. The van der Waals surface area contributed by atoms with Crippen LogP contribution in [0.25, 0.3) is 0 Å². The van der Waals surface area contributed by atoms with Crippen LogP contribution in [-0.4, -0.2) is 35.5 Å². The molecule has 1 amide bonds. The quantitative estimate of drug-likeness (QED) is 0.426. The fourth-order valence-electron chi connectivity index (χ4n) is 5.41. The van der Waals surface area contributed by atoms with Crippen molar-refractivity contribution >= 4 is 36.4 Å². The van der Waals surface area contributed by atoms with Gasteiger partial charge in [0.25, 0.3) is 0 Å². The van der Waals surface area contributed by atoms with Crippen LogP contribution >= 0.6 is 18.9 Å². The number of anilines is 1. The number of hydrogen-bond acceptors (Lipinski definition) is 3. The number of benzene rings is 2. The Kier molecular flexibility index (Phi) is 6.42. The molecule has 2 aromatic carbocycles. The molecule has 0 bridgehead atoms. The van der Waals surface area contributed by atoms with Gasteiger partial charge in [-0.1, -0.05) is 0 Å². The monoisotopic (exact) mass is 459 g/mol. The first-order valence-corrected chi connectivity index (χ1v) is 14.1. The van der Waals surface area contributed by atoms with E-state index in [-0.39, 0.29) is 17.0 Å². The SMILES string of the molecule is Cc1cc(Cl)cc(C)c1NC(=O)C1([PH]2(CC(=O)OCc3ccccc3)CCCC2)CC1. The van der Waals surface area contributed by atoms with E-state index in [2.05, 4.69) is 5.32 Å². The molecule has 0 spiro atoms. The molecule has 2 aliphatic rings. The van der Waals surface area contributed by atoms with Crippen molar-refractivity contribution in [3.8, 4) is 0 Å². The zero-order valence-corrected chi connectivity index (χ0v) is 20.1. The second kappa shape index (κ2) is 8.92. The predicted octanol–water partition coefficient (Wildman–Crippen LogP) is 5.72. The van der Waals surface area contributed by atoms with Gasteiger partial charge < -0.3 is 0 Å². The average molecular weight is 460 g/mol. The van der Waals surface area contributed by atoms with Crippen molar-refractivity contribution in [1.82, 2.24) is 0 Å². The van der Waals surface area contributed by atoms with E-state index in [1.165, 1.54) is 0 Å². The Balaban J connectivity index is 1.49. The predicted molar refractivity (Wildman–Crippen MR) is 130 cm³/mol. The third-order valence-electron chi connectivity index (χ3n) is 7.22. The molecule has 31 heavy (non-hydrogen) atoms. The Morgan fingerprint density at radius 2 is 1.68 bits per heavy atom. The number of halogens is 1. The van der Waals surface area contributed by atoms with E-state index >= 15 is 0 Å². The number of hydrogen-bond donors (Lipinski definition) is 1. The third kappa shape index (κ3) is 4.52. The van der Waals surface area contributed by atoms with Crippen LogP contribution in [0.4, 0.5) is 5.69 Å². The van der Waals surface area contributed by atoms with E-state index < -0.39 is 7.26 Å². The molecule has 1 aliphatic carbocycles. The molecule has 1 saturated heterocycles. The first-order chi connectivity index (χ1) is 14.9. The summed E-state index contributed by atoms with van der Waals surface area (Å²) in [6.07, 6.45) is 6.55. The molecule has 1 N–H and O–H groups in total. The summed E-state index contributed by atoms with van der Waals surface area (Å²) < 4.78 is 5.64. The summed E-state index contributed by atoms with van der Waals surface area (Å²) in [4.78, 5) is 26.4. The van der Waals surface area contributed by atoms with Crippen LogP contribution in [0.3, 0.4) is 0 Å². The van der Waals surface area contributed by atoms with Crippen LogP contribution in [0.5, 0.6) is 0 Å². The fraction of sp³-hybridized carbons (Fsp3) is 0.440. The van der Waals surface area contributed by atoms with Crippen molar-refractivity contribution in [2.75, 3.05) is 23.8 Å². The first kappa shape index (κ1) is 22.3. The molecule has 0 atom stereocenters. The van der Waals surface area contributed by atoms with Gasteiger partial charge in [-0.15, -0.1) is 0 Å². The number of carbonyl (C=O) groups excluding carboxylic acids is 2. The van der Waals surface area contributed by atoms with Crippen molar-refractivity contribution in [3.05, 3.63) is 64.2 Å². The van der Waals surface area contributed by atoms with E-state index in [0.29, 0.717) is 17.8 Å². The van der Waals surface area contributed by atoms with Crippen LogP contribution in [0, 0.1) is 13.8 Å². The van der Waals surface area contributed by atoms with Crippen molar-refractivity contribution in [2.45, 2.75) is 51.3 Å². The second-order valence-electron chi connectivity index (χ2n) is 9.26. The first-order valence-electron chi connectivity index (χ1n) is 11.1. The molecule has 0 unspecified atom stereocenters. The molecule has 166 valence electrons. The summed E-state index contributed by atoms with van der Waals surface area (Å²) in [5, 5.41) is 3.56. The standard InChI is InChI=1S/C25H31ClNO3P/c1-18-14-21(26)15-19(2)23(18)27-24(29)25(10-11-25)31(12-6-7-13-31)17-22(28)30-16-20-8-4-3-5-9-20/h3-5,8-9,14-15,31H,6-7,10-13,16-17H2,1-2H3,(H,27,29). The number of nitrogens with one attached hydrogen (secondary N) is 1. The van der Waals surface area contributed by atoms with Crippen molar-refractivity contribution < 1.29 is 14.3 Å². The summed E-state index contributed by atoms with van der Waals surface area (Å²) in [5.41, 5.74) is 3.79. The molecule has 2 fully saturated rings. The zero-order chi connectivity index (χ0) is 22.1. The molecule has 4 rings (SSSR count). The Bertz CT molecular complexity index is 959. The molecule has 6 heteroatoms. The van der Waals surface area contributed by atoms with Gasteiger partial charge in [-0.05, 0) is 0 Å². The number of carbonyl (C=O) groups is 2. The van der Waals surface area contributed by atoms with Gasteiger partial charge in [0.2, 0.25) is 0 Å². The Labute approximate surface area is 190 Å². The fourth-order valence-corrected chi connectivity index (χ4v) is 11.9. The molecular formula is C25H31ClNO3P. The van der Waals surface area contributed by atoms with E-state index in [9.17, 15) is 9.59 Å². The molecule has 0 aromatic heterocycles. The van der Waals surface area contributed by atoms with E-state index in [4.69, 9.17) is 16.3 Å². The van der Waals surface area contributed by atoms with Gasteiger partial charge in [0.05, 0.1) is 0 Å². The van der Waals surface area contributed by atoms with Crippen LogP contribution < -0.4 is 5.32 Å². The van der Waals surface area contributed by atoms with E-state index in [1.807, 2.05) is 56.3 Å². The summed E-state index contributed by atoms with van der Waals surface area (Å²) in [5.74, 6) is -0.0409. The summed E-state index contributed by atoms with van der Waals surface area (Å²) >= 11 is 6.16. The van der Waals surface area contributed by atoms with Crippen LogP contribution in [0.1, 0.15) is 42.4 Å². The molecule has 4 nitrogen and oxygen atoms in total. The van der Waals surface area contributed by atoms with E-state index in [1.54, 1.807) is 0 Å². The zero-order valence-electron chi connectivity index (χ0n) is 18.3. The number of esters is 1. The topological polar surface area (TPSA) is 55.4 Å². The molecule has 1 saturated carbocycles. The number of rotatable bonds is 7. The van der Waals surface area contributed by atoms with Crippen LogP contribution in [-0.2, 0) is 20.9 Å². The summed E-state index contributed by atoms with van der Waals surface area (Å²) in [7, 11) is -2.13. The molecule has 2 aromatic rings. The maximum atomic E-state index is 13.6. The van der Waals surface area contributed by atoms with Crippen molar-refractivity contribution in [3.63, 3.8) is 0 Å². The Morgan fingerprint density at radius 3 is 2.26 bits per heavy atom. The Morgan fingerprint density at radius 1 is 1.06 bits per heavy atom. The third-order valence-corrected chi connectivity index (χ3v) is 13.8. The molecule has 1 aliphatic heterocycles. The van der Waals surface area contributed by atoms with Gasteiger partial charge in [-0.3, -0.25) is 0 Å². The van der Waals surface area contributed by atoms with Gasteiger partial charge in [-0.25, -0.2) is 0 Å². The van der Waals surface area contributed by atoms with Crippen LogP contribution in [0.15, 0.2) is 42.5 Å². The number of ether oxygens (including phenoxy) is 1. The van der Waals surface area contributed by atoms with Gasteiger partial charge in [0.15, 0.2) is 0 Å². The van der Waals surface area contributed by atoms with Crippen molar-refractivity contribution in [1.29, 1.82) is 0 Å². The molecular weight excluding hydrogens is 429 g/mol. The molecule has 0 radical (unpaired) electrons. The normalized spacial score (nSPS) is 19.5. The van der Waals surface area contributed by atoms with Gasteiger partial charge >= 0.3 is 190 Å². The maximum absolute atomic E-state index is 13.6. The Hall–Kier alpha value is -1.90. The minimum absolute atomic E-state index is 0.102.